The topological polar surface area (TPSA) is 9.86 Å². The Hall–Kier alpha value is -3.92. The van der Waals surface area contributed by atoms with Crippen molar-refractivity contribution in [2.45, 2.75) is 34.2 Å². The van der Waals surface area contributed by atoms with E-state index in [4.69, 9.17) is 0 Å². The van der Waals surface area contributed by atoms with Crippen LogP contribution in [-0.2, 0) is 20.9 Å². The number of hydrogen-bond donors (Lipinski definition) is 0. The Labute approximate surface area is 326 Å². The summed E-state index contributed by atoms with van der Waals surface area (Å²) in [6.07, 6.45) is 5.14. The van der Waals surface area contributed by atoms with Crippen molar-refractivity contribution >= 4 is 61.7 Å². The third-order valence-corrected chi connectivity index (χ3v) is 33.6. The van der Waals surface area contributed by atoms with Gasteiger partial charge < -0.3 is 24.8 Å². The first kappa shape index (κ1) is 35.1. The average molecular weight is 810 g/mol. The third-order valence-electron chi connectivity index (χ3n) is 11.5. The van der Waals surface area contributed by atoms with E-state index in [1.165, 1.54) is 66.1 Å². The minimum Gasteiger partial charge on any atom is -1.00 e. The van der Waals surface area contributed by atoms with E-state index >= 15 is 0 Å². The maximum atomic E-state index is 2.67. The first-order chi connectivity index (χ1) is 24.5. The second-order valence-corrected chi connectivity index (χ2v) is 34.7. The normalized spacial score (nSPS) is 16.2. The van der Waals surface area contributed by atoms with Gasteiger partial charge in [-0.25, -0.2) is 0 Å². The summed E-state index contributed by atoms with van der Waals surface area (Å²) < 4.78 is 6.23. The van der Waals surface area contributed by atoms with Crippen molar-refractivity contribution in [3.63, 3.8) is 0 Å². The van der Waals surface area contributed by atoms with E-state index in [9.17, 15) is 0 Å². The molecule has 2 aliphatic rings. The number of benzene rings is 6. The summed E-state index contributed by atoms with van der Waals surface area (Å²) >= 11 is -2.23. The van der Waals surface area contributed by atoms with E-state index in [-0.39, 0.29) is 24.8 Å². The van der Waals surface area contributed by atoms with E-state index in [0.717, 1.165) is 0 Å². The van der Waals surface area contributed by atoms with Gasteiger partial charge in [0.2, 0.25) is 0 Å². The predicted octanol–water partition coefficient (Wildman–Crippen LogP) is 6.11. The fourth-order valence-corrected chi connectivity index (χ4v) is 32.8. The van der Waals surface area contributed by atoms with Gasteiger partial charge in [0, 0.05) is 0 Å². The number of allylic oxidation sites excluding steroid dienone is 2. The van der Waals surface area contributed by atoms with Crippen LogP contribution >= 0.6 is 0 Å². The van der Waals surface area contributed by atoms with Crippen molar-refractivity contribution in [1.82, 2.24) is 9.13 Å². The van der Waals surface area contributed by atoms with Crippen molar-refractivity contribution in [3.8, 4) is 11.4 Å². The van der Waals surface area contributed by atoms with Crippen LogP contribution in [0.5, 0.6) is 0 Å². The molecule has 2 unspecified atom stereocenters. The molecule has 10 rings (SSSR count). The Kier molecular flexibility index (Phi) is 9.11. The maximum Gasteiger partial charge on any atom is -1.00 e. The Balaban J connectivity index is 0.00000193. The summed E-state index contributed by atoms with van der Waals surface area (Å²) in [5.41, 5.74) is 17.0. The molecule has 2 aliphatic carbocycles. The molecule has 6 heteroatoms. The molecule has 0 amide bonds. The van der Waals surface area contributed by atoms with Gasteiger partial charge in [-0.15, -0.1) is 0 Å². The van der Waals surface area contributed by atoms with Crippen LogP contribution < -0.4 is 24.8 Å². The average Bonchev–Trinajstić information content (AvgIpc) is 3.86. The summed E-state index contributed by atoms with van der Waals surface area (Å²) in [5, 5.41) is 5.29. The second-order valence-electron chi connectivity index (χ2n) is 14.6. The number of para-hydroxylation sites is 4. The molecule has 255 valence electrons. The van der Waals surface area contributed by atoms with Gasteiger partial charge >= 0.3 is 304 Å². The Bertz CT molecular complexity index is 2460. The smallest absolute Gasteiger partial charge is 1.00 e. The van der Waals surface area contributed by atoms with E-state index in [0.29, 0.717) is 7.25 Å². The zero-order chi connectivity index (χ0) is 33.7. The van der Waals surface area contributed by atoms with E-state index < -0.39 is 26.8 Å². The number of hydrogen-bond acceptors (Lipinski definition) is 0. The molecule has 6 aromatic carbocycles. The van der Waals surface area contributed by atoms with Crippen LogP contribution in [0, 0.1) is 0 Å². The van der Waals surface area contributed by atoms with Gasteiger partial charge in [0.25, 0.3) is 0 Å². The monoisotopic (exact) mass is 807 g/mol. The van der Waals surface area contributed by atoms with Gasteiger partial charge in [-0.2, -0.15) is 0 Å². The summed E-state index contributed by atoms with van der Waals surface area (Å²) in [6, 6.07) is 50.0. The first-order valence-electron chi connectivity index (χ1n) is 18.0. The van der Waals surface area contributed by atoms with Gasteiger partial charge in [-0.05, 0) is 0 Å². The van der Waals surface area contributed by atoms with Crippen molar-refractivity contribution < 1.29 is 45.7 Å². The van der Waals surface area contributed by atoms with E-state index in [2.05, 4.69) is 182 Å². The zero-order valence-corrected chi connectivity index (χ0v) is 34.9. The van der Waals surface area contributed by atoms with Crippen LogP contribution in [-0.4, -0.2) is 15.1 Å². The summed E-state index contributed by atoms with van der Waals surface area (Å²) in [6.45, 7) is 10.2. The fraction of sp³-hybridized carbons (Fsp3) is 0.130. The number of nitrogens with zero attached hydrogens (tertiary/aromatic N) is 2. The minimum atomic E-state index is -2.23. The molecule has 0 saturated heterocycles. The van der Waals surface area contributed by atoms with Gasteiger partial charge in [-0.3, -0.25) is 0 Å². The largest absolute Gasteiger partial charge is 1.00 e. The molecule has 8 aromatic rings. The Morgan fingerprint density at radius 3 is 1.10 bits per heavy atom. The maximum absolute atomic E-state index is 2.67. The quantitative estimate of drug-likeness (QED) is 0.186. The molecule has 2 nitrogen and oxygen atoms in total. The first-order valence-corrected chi connectivity index (χ1v) is 28.0. The van der Waals surface area contributed by atoms with E-state index in [1.54, 1.807) is 22.3 Å². The van der Waals surface area contributed by atoms with Crippen LogP contribution in [0.2, 0.25) is 13.1 Å². The number of fused-ring (bicyclic) bond motifs is 8. The zero-order valence-electron chi connectivity index (χ0n) is 29.7. The van der Waals surface area contributed by atoms with E-state index in [1.807, 2.05) is 0 Å². The van der Waals surface area contributed by atoms with Gasteiger partial charge in [0.15, 0.2) is 0 Å². The van der Waals surface area contributed by atoms with Crippen molar-refractivity contribution in [3.05, 3.63) is 167 Å². The SMILES string of the molecule is CC1=Cc2c(cccc2-n2c3ccccc3c3ccccc32)[CH]1[Zr+2]([CH]1C(C)=Cc2c1cccc2-n1c2ccccc2c2ccccc21)[SiH](C)C.[Cl-].[Cl-]. The van der Waals surface area contributed by atoms with Crippen LogP contribution in [0.3, 0.4) is 0 Å². The minimum absolute atomic E-state index is 0. The van der Waals surface area contributed by atoms with Crippen LogP contribution in [0.4, 0.5) is 0 Å². The molecule has 0 aliphatic heterocycles. The molecule has 2 atom stereocenters. The van der Waals surface area contributed by atoms with Crippen molar-refractivity contribution in [1.29, 1.82) is 0 Å². The van der Waals surface area contributed by atoms with Crippen LogP contribution in [0.1, 0.15) is 43.4 Å². The van der Waals surface area contributed by atoms with Crippen LogP contribution in [0.15, 0.2) is 145 Å². The number of aromatic nitrogens is 2. The molecular weight excluding hydrogens is 771 g/mol. The molecule has 2 aromatic heterocycles. The standard InChI is InChI=1S/2C22H16N.C2H7Si.2ClH.Zr/c2*1-15-13-16-7-6-12-22(19(16)14-15)23-20-10-4-2-8-17(20)18-9-3-5-11-21(18)23;1-3-2;;;/h2*2-14H,1H3;3H,1-2H3;2*1H;/q;;;;;+2/p-2. The molecule has 0 spiro atoms. The summed E-state index contributed by atoms with van der Waals surface area (Å²) in [7, 11) is 0. The Morgan fingerprint density at radius 1 is 0.442 bits per heavy atom. The summed E-state index contributed by atoms with van der Waals surface area (Å²) in [4.78, 5) is 0. The molecule has 0 N–H and O–H groups in total. The van der Waals surface area contributed by atoms with Gasteiger partial charge in [0.1, 0.15) is 0 Å². The molecule has 0 radical (unpaired) electrons. The predicted molar refractivity (Wildman–Crippen MR) is 213 cm³/mol. The number of rotatable bonds is 5. The van der Waals surface area contributed by atoms with Gasteiger partial charge in [0.05, 0.1) is 0 Å². The van der Waals surface area contributed by atoms with Crippen LogP contribution in [0.25, 0.3) is 67.1 Å². The molecular formula is C46H39Cl2N2SiZr. The molecule has 2 heterocycles. The Morgan fingerprint density at radius 2 is 0.769 bits per heavy atom. The molecule has 0 saturated carbocycles. The van der Waals surface area contributed by atoms with Crippen molar-refractivity contribution in [2.75, 3.05) is 0 Å². The third kappa shape index (κ3) is 5.06. The molecule has 0 bridgehead atoms. The summed E-state index contributed by atoms with van der Waals surface area (Å²) in [5.74, 6) is -1.00. The van der Waals surface area contributed by atoms with Gasteiger partial charge in [-0.1, -0.05) is 0 Å². The number of halogens is 2. The molecule has 0 fully saturated rings. The second kappa shape index (κ2) is 13.5. The molecule has 52 heavy (non-hydrogen) atoms. The van der Waals surface area contributed by atoms with Crippen molar-refractivity contribution in [2.24, 2.45) is 0 Å². The fourth-order valence-electron chi connectivity index (χ4n) is 9.54.